The molecule has 42 heavy (non-hydrogen) atoms. The number of aromatic nitrogens is 5. The molecule has 14 nitrogen and oxygen atoms in total. The first-order valence-electron chi connectivity index (χ1n) is 14.0. The van der Waals surface area contributed by atoms with Crippen LogP contribution in [0.3, 0.4) is 0 Å². The second-order valence-electron chi connectivity index (χ2n) is 10.9. The van der Waals surface area contributed by atoms with Crippen molar-refractivity contribution in [2.45, 2.75) is 52.1 Å². The minimum Gasteiger partial charge on any atom is -0.444 e. The molecule has 2 fully saturated rings. The van der Waals surface area contributed by atoms with Crippen LogP contribution in [0.5, 0.6) is 0 Å². The summed E-state index contributed by atoms with van der Waals surface area (Å²) in [6.07, 6.45) is -0.535. The van der Waals surface area contributed by atoms with Gasteiger partial charge in [-0.15, -0.1) is 0 Å². The third-order valence-corrected chi connectivity index (χ3v) is 6.59. The molecule has 0 saturated carbocycles. The topological polar surface area (TPSA) is 165 Å². The van der Waals surface area contributed by atoms with E-state index >= 15 is 0 Å². The van der Waals surface area contributed by atoms with Crippen molar-refractivity contribution in [3.05, 3.63) is 11.9 Å². The molecular formula is C26H38F2N10O4. The fraction of sp³-hybridized carbons (Fsp3) is 0.654. The lowest BCUT2D eigenvalue weighted by Gasteiger charge is -2.35. The Labute approximate surface area is 243 Å². The van der Waals surface area contributed by atoms with E-state index in [4.69, 9.17) is 15.2 Å². The molecule has 0 spiro atoms. The minimum atomic E-state index is -2.90. The lowest BCUT2D eigenvalue weighted by molar-refractivity contribution is -0.131. The van der Waals surface area contributed by atoms with E-state index < -0.39 is 23.8 Å². The average Bonchev–Trinajstić information content (AvgIpc) is 2.96. The lowest BCUT2D eigenvalue weighted by atomic mass is 10.2. The van der Waals surface area contributed by atoms with Gasteiger partial charge in [0.05, 0.1) is 18.8 Å². The van der Waals surface area contributed by atoms with E-state index in [0.717, 1.165) is 0 Å². The van der Waals surface area contributed by atoms with Crippen LogP contribution in [0.15, 0.2) is 6.20 Å². The number of carbonyl (C=O) groups is 2. The SMILES string of the molecule is CC(C)(C)OC(=O)NCCCCC(=O)N1CCN(c2nc(-c3cnc(N)nc3C(F)F)nc(N3CCOCC3)n2)CC1. The number of hydrogen-bond donors (Lipinski definition) is 2. The first-order chi connectivity index (χ1) is 20.0. The van der Waals surface area contributed by atoms with Gasteiger partial charge in [-0.05, 0) is 33.6 Å². The van der Waals surface area contributed by atoms with Crippen LogP contribution in [0.1, 0.15) is 52.2 Å². The number of anilines is 3. The summed E-state index contributed by atoms with van der Waals surface area (Å²) in [4.78, 5) is 51.4. The predicted molar refractivity (Wildman–Crippen MR) is 150 cm³/mol. The van der Waals surface area contributed by atoms with Crippen molar-refractivity contribution in [2.24, 2.45) is 0 Å². The van der Waals surface area contributed by atoms with E-state index in [-0.39, 0.29) is 23.2 Å². The number of nitrogen functional groups attached to an aromatic ring is 1. The standard InChI is InChI=1S/C26H38F2N10O4/c1-26(2,3)42-25(40)30-7-5-4-6-18(39)36-8-10-37(11-9-36)23-33-21(17-16-31-22(29)32-19(17)20(27)28)34-24(35-23)38-12-14-41-15-13-38/h16,20H,4-15H2,1-3H3,(H,30,40)(H2,29,31,32). The average molecular weight is 593 g/mol. The highest BCUT2D eigenvalue weighted by molar-refractivity contribution is 5.76. The molecule has 2 aliphatic heterocycles. The molecule has 0 unspecified atom stereocenters. The molecule has 0 atom stereocenters. The zero-order valence-corrected chi connectivity index (χ0v) is 24.2. The molecule has 0 radical (unpaired) electrons. The maximum absolute atomic E-state index is 13.8. The molecule has 230 valence electrons. The Morgan fingerprint density at radius 1 is 1.00 bits per heavy atom. The molecule has 0 bridgehead atoms. The van der Waals surface area contributed by atoms with Crippen LogP contribution in [-0.4, -0.2) is 106 Å². The first kappa shape index (κ1) is 31.0. The van der Waals surface area contributed by atoms with Crippen molar-refractivity contribution in [2.75, 3.05) is 74.6 Å². The van der Waals surface area contributed by atoms with Gasteiger partial charge in [0.1, 0.15) is 11.3 Å². The van der Waals surface area contributed by atoms with E-state index in [1.807, 2.05) is 9.80 Å². The molecule has 2 aromatic heterocycles. The van der Waals surface area contributed by atoms with Gasteiger partial charge in [-0.1, -0.05) is 0 Å². The highest BCUT2D eigenvalue weighted by atomic mass is 19.3. The molecule has 16 heteroatoms. The number of rotatable bonds is 9. The monoisotopic (exact) mass is 592 g/mol. The van der Waals surface area contributed by atoms with Gasteiger partial charge in [0.15, 0.2) is 5.82 Å². The van der Waals surface area contributed by atoms with E-state index in [1.165, 1.54) is 6.20 Å². The highest BCUT2D eigenvalue weighted by Crippen LogP contribution is 2.30. The summed E-state index contributed by atoms with van der Waals surface area (Å²) in [5.41, 5.74) is 4.43. The number of hydrogen-bond acceptors (Lipinski definition) is 12. The smallest absolute Gasteiger partial charge is 0.407 e. The number of carbonyl (C=O) groups excluding carboxylic acids is 2. The van der Waals surface area contributed by atoms with Crippen molar-refractivity contribution in [3.63, 3.8) is 0 Å². The van der Waals surface area contributed by atoms with Crippen molar-refractivity contribution in [3.8, 4) is 11.4 Å². The van der Waals surface area contributed by atoms with Crippen LogP contribution >= 0.6 is 0 Å². The normalized spacial score (nSPS) is 16.1. The third-order valence-electron chi connectivity index (χ3n) is 6.59. The van der Waals surface area contributed by atoms with E-state index in [9.17, 15) is 18.4 Å². The molecule has 4 heterocycles. The maximum Gasteiger partial charge on any atom is 0.407 e. The van der Waals surface area contributed by atoms with Crippen molar-refractivity contribution in [1.82, 2.24) is 35.1 Å². The summed E-state index contributed by atoms with van der Waals surface area (Å²) >= 11 is 0. The number of nitrogens with zero attached hydrogens (tertiary/aromatic N) is 8. The molecule has 2 amide bonds. The predicted octanol–water partition coefficient (Wildman–Crippen LogP) is 2.03. The minimum absolute atomic E-state index is 0.0210. The second kappa shape index (κ2) is 13.8. The van der Waals surface area contributed by atoms with Crippen LogP contribution in [0, 0.1) is 0 Å². The maximum atomic E-state index is 13.8. The van der Waals surface area contributed by atoms with Gasteiger partial charge in [0.25, 0.3) is 6.43 Å². The molecule has 0 aromatic carbocycles. The summed E-state index contributed by atoms with van der Waals surface area (Å²) in [6.45, 7) is 9.70. The number of ether oxygens (including phenoxy) is 2. The molecule has 2 aliphatic rings. The van der Waals surface area contributed by atoms with Crippen molar-refractivity contribution in [1.29, 1.82) is 0 Å². The quantitative estimate of drug-likeness (QED) is 0.408. The van der Waals surface area contributed by atoms with Gasteiger partial charge in [-0.25, -0.2) is 23.5 Å². The largest absolute Gasteiger partial charge is 0.444 e. The zero-order valence-electron chi connectivity index (χ0n) is 24.2. The van der Waals surface area contributed by atoms with E-state index in [2.05, 4.69) is 30.2 Å². The van der Waals surface area contributed by atoms with Gasteiger partial charge in [-0.3, -0.25) is 4.79 Å². The van der Waals surface area contributed by atoms with E-state index in [1.54, 1.807) is 25.7 Å². The fourth-order valence-electron chi connectivity index (χ4n) is 4.49. The van der Waals surface area contributed by atoms with Gasteiger partial charge < -0.3 is 35.2 Å². The number of unbranched alkanes of at least 4 members (excludes halogenated alkanes) is 1. The van der Waals surface area contributed by atoms with Crippen LogP contribution in [0.4, 0.5) is 31.4 Å². The summed E-state index contributed by atoms with van der Waals surface area (Å²) < 4.78 is 38.3. The Hall–Kier alpha value is -3.95. The van der Waals surface area contributed by atoms with Crippen LogP contribution < -0.4 is 20.9 Å². The Morgan fingerprint density at radius 3 is 2.26 bits per heavy atom. The number of alkyl halides is 2. The fourth-order valence-corrected chi connectivity index (χ4v) is 4.49. The summed E-state index contributed by atoms with van der Waals surface area (Å²) in [6, 6.07) is 0. The number of piperazine rings is 1. The first-order valence-corrected chi connectivity index (χ1v) is 14.0. The Balaban J connectivity index is 1.39. The Kier molecular flexibility index (Phi) is 10.2. The Bertz CT molecular complexity index is 1230. The number of nitrogens with two attached hydrogens (primary N) is 1. The van der Waals surface area contributed by atoms with Gasteiger partial charge >= 0.3 is 6.09 Å². The van der Waals surface area contributed by atoms with Gasteiger partial charge in [-0.2, -0.15) is 15.0 Å². The molecular weight excluding hydrogens is 554 g/mol. The van der Waals surface area contributed by atoms with Gasteiger partial charge in [0, 0.05) is 58.4 Å². The lowest BCUT2D eigenvalue weighted by Crippen LogP contribution is -2.49. The van der Waals surface area contributed by atoms with Crippen LogP contribution in [0.25, 0.3) is 11.4 Å². The molecule has 3 N–H and O–H groups in total. The van der Waals surface area contributed by atoms with Crippen molar-refractivity contribution >= 4 is 29.8 Å². The molecule has 2 aromatic rings. The number of amides is 2. The number of alkyl carbamates (subject to hydrolysis) is 1. The summed E-state index contributed by atoms with van der Waals surface area (Å²) in [7, 11) is 0. The van der Waals surface area contributed by atoms with Crippen LogP contribution in [0.2, 0.25) is 0 Å². The summed E-state index contributed by atoms with van der Waals surface area (Å²) in [5, 5.41) is 2.70. The highest BCUT2D eigenvalue weighted by Gasteiger charge is 2.27. The third kappa shape index (κ3) is 8.53. The van der Waals surface area contributed by atoms with Gasteiger partial charge in [0.2, 0.25) is 23.8 Å². The summed E-state index contributed by atoms with van der Waals surface area (Å²) in [5.74, 6) is 0.442. The number of halogens is 2. The molecule has 0 aliphatic carbocycles. The zero-order chi connectivity index (χ0) is 30.3. The Morgan fingerprint density at radius 2 is 1.64 bits per heavy atom. The number of morpholine rings is 1. The van der Waals surface area contributed by atoms with E-state index in [0.29, 0.717) is 90.2 Å². The molecule has 4 rings (SSSR count). The number of nitrogens with one attached hydrogen (secondary N) is 1. The van der Waals surface area contributed by atoms with Crippen LogP contribution in [-0.2, 0) is 14.3 Å². The second-order valence-corrected chi connectivity index (χ2v) is 10.9. The van der Waals surface area contributed by atoms with Crippen molar-refractivity contribution < 1.29 is 27.8 Å². The molecule has 2 saturated heterocycles.